The van der Waals surface area contributed by atoms with Gasteiger partial charge in [-0.15, -0.1) is 0 Å². The minimum absolute atomic E-state index is 0.198. The van der Waals surface area contributed by atoms with Gasteiger partial charge >= 0.3 is 5.97 Å². The zero-order chi connectivity index (χ0) is 19.0. The molecular weight excluding hydrogens is 344 g/mol. The number of carbonyl (C=O) groups excluding carboxylic acids is 1. The molecular formula is C21H22N2O4. The second-order valence-electron chi connectivity index (χ2n) is 6.66. The Hall–Kier alpha value is -2.86. The van der Waals surface area contributed by atoms with Gasteiger partial charge in [-0.25, -0.2) is 4.79 Å². The van der Waals surface area contributed by atoms with Gasteiger partial charge in [0.1, 0.15) is 0 Å². The largest absolute Gasteiger partial charge is 0.462 e. The molecule has 1 fully saturated rings. The van der Waals surface area contributed by atoms with Crippen LogP contribution >= 0.6 is 0 Å². The first-order valence-corrected chi connectivity index (χ1v) is 9.20. The van der Waals surface area contributed by atoms with Crippen LogP contribution < -0.4 is 10.5 Å². The van der Waals surface area contributed by atoms with Gasteiger partial charge in [0.15, 0.2) is 0 Å². The second-order valence-corrected chi connectivity index (χ2v) is 6.66. The summed E-state index contributed by atoms with van der Waals surface area (Å²) in [6, 6.07) is 9.48. The topological polar surface area (TPSA) is 71.6 Å². The van der Waals surface area contributed by atoms with Gasteiger partial charge in [0.25, 0.3) is 5.56 Å². The Balaban J connectivity index is 2.13. The molecule has 0 saturated carbocycles. The van der Waals surface area contributed by atoms with Crippen LogP contribution in [0.2, 0.25) is 0 Å². The smallest absolute Gasteiger partial charge is 0.339 e. The van der Waals surface area contributed by atoms with Crippen LogP contribution in [-0.2, 0) is 9.47 Å². The van der Waals surface area contributed by atoms with Gasteiger partial charge in [0.2, 0.25) is 0 Å². The molecule has 0 amide bonds. The zero-order valence-corrected chi connectivity index (χ0v) is 15.5. The second kappa shape index (κ2) is 7.04. The van der Waals surface area contributed by atoms with Crippen molar-refractivity contribution in [3.05, 3.63) is 51.8 Å². The molecule has 4 rings (SSSR count). The molecule has 27 heavy (non-hydrogen) atoms. The number of benzene rings is 2. The van der Waals surface area contributed by atoms with E-state index in [0.29, 0.717) is 48.2 Å². The number of aromatic amines is 1. The normalized spacial score (nSPS) is 14.7. The van der Waals surface area contributed by atoms with E-state index in [1.165, 1.54) is 0 Å². The summed E-state index contributed by atoms with van der Waals surface area (Å²) in [6.07, 6.45) is 0. The number of H-pyrrole nitrogens is 1. The molecule has 2 aromatic carbocycles. The first kappa shape index (κ1) is 17.5. The van der Waals surface area contributed by atoms with Crippen LogP contribution in [0.5, 0.6) is 0 Å². The van der Waals surface area contributed by atoms with E-state index in [2.05, 4.69) is 9.88 Å². The average Bonchev–Trinajstić information content (AvgIpc) is 2.68. The van der Waals surface area contributed by atoms with Crippen molar-refractivity contribution >= 4 is 33.3 Å². The number of anilines is 1. The number of fused-ring (bicyclic) bond motifs is 3. The Morgan fingerprint density at radius 3 is 2.70 bits per heavy atom. The molecule has 3 aromatic rings. The summed E-state index contributed by atoms with van der Waals surface area (Å²) >= 11 is 0. The maximum absolute atomic E-state index is 13.0. The van der Waals surface area contributed by atoms with Crippen LogP contribution in [0.15, 0.2) is 35.1 Å². The van der Waals surface area contributed by atoms with Crippen LogP contribution in [-0.4, -0.2) is 43.9 Å². The molecule has 0 unspecified atom stereocenters. The molecule has 1 aliphatic heterocycles. The summed E-state index contributed by atoms with van der Waals surface area (Å²) in [6.45, 7) is 6.61. The van der Waals surface area contributed by atoms with Crippen LogP contribution in [0, 0.1) is 6.92 Å². The van der Waals surface area contributed by atoms with Crippen molar-refractivity contribution < 1.29 is 14.3 Å². The fourth-order valence-corrected chi connectivity index (χ4v) is 3.81. The summed E-state index contributed by atoms with van der Waals surface area (Å²) in [4.78, 5) is 30.9. The number of morpholine rings is 1. The molecule has 140 valence electrons. The number of nitrogens with zero attached hydrogens (tertiary/aromatic N) is 1. The summed E-state index contributed by atoms with van der Waals surface area (Å²) in [5.74, 6) is -0.399. The molecule has 6 heteroatoms. The Morgan fingerprint density at radius 1 is 1.22 bits per heavy atom. The number of hydrogen-bond donors (Lipinski definition) is 1. The van der Waals surface area contributed by atoms with Gasteiger partial charge in [-0.1, -0.05) is 18.2 Å². The third kappa shape index (κ3) is 2.96. The molecule has 0 atom stereocenters. The molecule has 6 nitrogen and oxygen atoms in total. The monoisotopic (exact) mass is 366 g/mol. The van der Waals surface area contributed by atoms with E-state index in [4.69, 9.17) is 9.47 Å². The van der Waals surface area contributed by atoms with Crippen LogP contribution in [0.3, 0.4) is 0 Å². The number of esters is 1. The molecule has 0 aliphatic carbocycles. The quantitative estimate of drug-likeness (QED) is 0.570. The van der Waals surface area contributed by atoms with Gasteiger partial charge in [-0.3, -0.25) is 4.79 Å². The van der Waals surface area contributed by atoms with E-state index in [9.17, 15) is 9.59 Å². The standard InChI is InChI=1S/C21H22N2O4/c1-3-27-21(25)17-13(2)12-16(23-8-10-26-11-9-23)19-18(17)14-6-4-5-7-15(14)22-20(19)24/h4-7,12H,3,8-11H2,1-2H3,(H,22,24). The maximum atomic E-state index is 13.0. The lowest BCUT2D eigenvalue weighted by Gasteiger charge is -2.30. The lowest BCUT2D eigenvalue weighted by atomic mass is 9.95. The van der Waals surface area contributed by atoms with Crippen molar-refractivity contribution in [2.75, 3.05) is 37.8 Å². The number of carbonyl (C=O) groups is 1. The minimum atomic E-state index is -0.399. The molecule has 1 aliphatic rings. The summed E-state index contributed by atoms with van der Waals surface area (Å²) < 4.78 is 10.8. The number of aromatic nitrogens is 1. The van der Waals surface area contributed by atoms with E-state index >= 15 is 0 Å². The number of hydrogen-bond acceptors (Lipinski definition) is 5. The van der Waals surface area contributed by atoms with Crippen molar-refractivity contribution in [1.82, 2.24) is 4.98 Å². The number of para-hydroxylation sites is 1. The Labute approximate surface area is 156 Å². The maximum Gasteiger partial charge on any atom is 0.339 e. The first-order chi connectivity index (χ1) is 13.1. The molecule has 0 bridgehead atoms. The average molecular weight is 366 g/mol. The van der Waals surface area contributed by atoms with E-state index in [-0.39, 0.29) is 12.2 Å². The number of nitrogens with one attached hydrogen (secondary N) is 1. The van der Waals surface area contributed by atoms with Gasteiger partial charge in [-0.2, -0.15) is 0 Å². The van der Waals surface area contributed by atoms with Gasteiger partial charge in [-0.05, 0) is 31.5 Å². The number of aryl methyl sites for hydroxylation is 1. The Morgan fingerprint density at radius 2 is 1.96 bits per heavy atom. The molecule has 1 N–H and O–H groups in total. The van der Waals surface area contributed by atoms with E-state index in [1.54, 1.807) is 6.92 Å². The van der Waals surface area contributed by atoms with E-state index in [1.807, 2.05) is 37.3 Å². The SMILES string of the molecule is CCOC(=O)c1c(C)cc(N2CCOCC2)c2c(=O)[nH]c3ccccc3c12. The van der Waals surface area contributed by atoms with Gasteiger partial charge in [0, 0.05) is 29.4 Å². The van der Waals surface area contributed by atoms with Gasteiger partial charge in [0.05, 0.1) is 36.5 Å². The Kier molecular flexibility index (Phi) is 4.58. The summed E-state index contributed by atoms with van der Waals surface area (Å²) in [7, 11) is 0. The third-order valence-electron chi connectivity index (χ3n) is 5.01. The molecule has 1 aromatic heterocycles. The molecule has 0 spiro atoms. The highest BCUT2D eigenvalue weighted by molar-refractivity contribution is 6.19. The predicted molar refractivity (Wildman–Crippen MR) is 106 cm³/mol. The van der Waals surface area contributed by atoms with Crippen molar-refractivity contribution in [3.8, 4) is 0 Å². The third-order valence-corrected chi connectivity index (χ3v) is 5.01. The summed E-state index contributed by atoms with van der Waals surface area (Å²) in [5, 5.41) is 2.03. The Bertz CT molecular complexity index is 1080. The van der Waals surface area contributed by atoms with Crippen molar-refractivity contribution in [1.29, 1.82) is 0 Å². The van der Waals surface area contributed by atoms with Crippen LogP contribution in [0.4, 0.5) is 5.69 Å². The number of pyridine rings is 1. The minimum Gasteiger partial charge on any atom is -0.462 e. The van der Waals surface area contributed by atoms with Gasteiger partial charge < -0.3 is 19.4 Å². The highest BCUT2D eigenvalue weighted by atomic mass is 16.5. The summed E-state index contributed by atoms with van der Waals surface area (Å²) in [5.41, 5.74) is 2.62. The van der Waals surface area contributed by atoms with E-state index < -0.39 is 5.97 Å². The first-order valence-electron chi connectivity index (χ1n) is 9.20. The fourth-order valence-electron chi connectivity index (χ4n) is 3.81. The molecule has 0 radical (unpaired) electrons. The van der Waals surface area contributed by atoms with Crippen molar-refractivity contribution in [3.63, 3.8) is 0 Å². The number of ether oxygens (including phenoxy) is 2. The van der Waals surface area contributed by atoms with Crippen LogP contribution in [0.25, 0.3) is 21.7 Å². The molecule has 1 saturated heterocycles. The lowest BCUT2D eigenvalue weighted by molar-refractivity contribution is 0.0528. The fraction of sp³-hybridized carbons (Fsp3) is 0.333. The zero-order valence-electron chi connectivity index (χ0n) is 15.5. The highest BCUT2D eigenvalue weighted by Gasteiger charge is 2.24. The number of rotatable bonds is 3. The lowest BCUT2D eigenvalue weighted by Crippen LogP contribution is -2.37. The predicted octanol–water partition coefficient (Wildman–Crippen LogP) is 3.00. The highest BCUT2D eigenvalue weighted by Crippen LogP contribution is 2.35. The van der Waals surface area contributed by atoms with Crippen molar-refractivity contribution in [2.45, 2.75) is 13.8 Å². The molecule has 2 heterocycles. The van der Waals surface area contributed by atoms with Crippen molar-refractivity contribution in [2.24, 2.45) is 0 Å². The van der Waals surface area contributed by atoms with E-state index in [0.717, 1.165) is 16.6 Å². The van der Waals surface area contributed by atoms with Crippen LogP contribution in [0.1, 0.15) is 22.8 Å².